The normalized spacial score (nSPS) is 15.2. The Morgan fingerprint density at radius 2 is 1.67 bits per heavy atom. The Bertz CT molecular complexity index is 891. The maximum absolute atomic E-state index is 13.4. The van der Waals surface area contributed by atoms with Gasteiger partial charge in [-0.1, -0.05) is 88.6 Å². The summed E-state index contributed by atoms with van der Waals surface area (Å²) in [4.78, 5) is 28.4. The van der Waals surface area contributed by atoms with Gasteiger partial charge in [-0.25, -0.2) is 0 Å². The lowest BCUT2D eigenvalue weighted by molar-refractivity contribution is -0.143. The monoisotopic (exact) mass is 450 g/mol. The lowest BCUT2D eigenvalue weighted by Crippen LogP contribution is -2.52. The zero-order valence-electron chi connectivity index (χ0n) is 20.3. The lowest BCUT2D eigenvalue weighted by Gasteiger charge is -2.32. The van der Waals surface area contributed by atoms with Gasteiger partial charge < -0.3 is 15.0 Å². The molecule has 0 aromatic heterocycles. The molecular weight excluding hydrogens is 412 g/mol. The molecule has 33 heavy (non-hydrogen) atoms. The smallest absolute Gasteiger partial charge is 0.261 e. The number of rotatable bonds is 10. The minimum Gasteiger partial charge on any atom is -0.483 e. The molecule has 1 atom stereocenters. The van der Waals surface area contributed by atoms with Crippen molar-refractivity contribution in [2.45, 2.75) is 83.8 Å². The molecule has 0 bridgehead atoms. The maximum atomic E-state index is 13.4. The zero-order valence-corrected chi connectivity index (χ0v) is 20.3. The van der Waals surface area contributed by atoms with E-state index in [0.29, 0.717) is 18.9 Å². The van der Waals surface area contributed by atoms with E-state index in [1.165, 1.54) is 6.42 Å². The van der Waals surface area contributed by atoms with E-state index in [9.17, 15) is 9.59 Å². The molecular formula is C28H38N2O3. The molecule has 1 aliphatic carbocycles. The van der Waals surface area contributed by atoms with Crippen LogP contribution in [0, 0.1) is 0 Å². The van der Waals surface area contributed by atoms with Crippen LogP contribution in [0.25, 0.3) is 0 Å². The largest absolute Gasteiger partial charge is 0.483 e. The first-order valence-corrected chi connectivity index (χ1v) is 12.3. The van der Waals surface area contributed by atoms with Gasteiger partial charge in [-0.3, -0.25) is 9.59 Å². The van der Waals surface area contributed by atoms with Gasteiger partial charge in [0.05, 0.1) is 0 Å². The van der Waals surface area contributed by atoms with Gasteiger partial charge in [0.2, 0.25) is 5.91 Å². The van der Waals surface area contributed by atoms with Crippen molar-refractivity contribution in [2.24, 2.45) is 0 Å². The highest BCUT2D eigenvalue weighted by Gasteiger charge is 2.30. The molecule has 0 unspecified atom stereocenters. The minimum absolute atomic E-state index is 0.0590. The van der Waals surface area contributed by atoms with Crippen LogP contribution in [0.5, 0.6) is 5.75 Å². The third-order valence-corrected chi connectivity index (χ3v) is 6.43. The molecule has 2 aromatic rings. The van der Waals surface area contributed by atoms with E-state index in [1.54, 1.807) is 4.90 Å². The summed E-state index contributed by atoms with van der Waals surface area (Å²) in [5.74, 6) is 0.779. The minimum atomic E-state index is -0.524. The zero-order chi connectivity index (χ0) is 23.6. The number of ether oxygens (including phenoxy) is 1. The SMILES string of the molecule is CC[C@@H](C(=O)NC1CCCCC1)N(Cc1ccccc1)C(=O)COc1ccccc1C(C)C. The van der Waals surface area contributed by atoms with Crippen LogP contribution in [-0.4, -0.2) is 35.4 Å². The Kier molecular flexibility index (Phi) is 9.35. The highest BCUT2D eigenvalue weighted by atomic mass is 16.5. The number of nitrogens with zero attached hydrogens (tertiary/aromatic N) is 1. The molecule has 1 fully saturated rings. The summed E-state index contributed by atoms with van der Waals surface area (Å²) >= 11 is 0. The average Bonchev–Trinajstić information content (AvgIpc) is 2.83. The third kappa shape index (κ3) is 7.08. The number of benzene rings is 2. The standard InChI is InChI=1S/C28H38N2O3/c1-4-25(28(32)29-23-15-9-6-10-16-23)30(19-22-13-7-5-8-14-22)27(31)20-33-26-18-12-11-17-24(26)21(2)3/h5,7-8,11-14,17-18,21,23,25H,4,6,9-10,15-16,19-20H2,1-3H3,(H,29,32)/t25-/m0/s1. The van der Waals surface area contributed by atoms with E-state index in [0.717, 1.165) is 42.6 Å². The predicted octanol–water partition coefficient (Wildman–Crippen LogP) is 5.45. The van der Waals surface area contributed by atoms with Crippen LogP contribution in [-0.2, 0) is 16.1 Å². The Labute approximate surface area is 198 Å². The van der Waals surface area contributed by atoms with Gasteiger partial charge in [-0.15, -0.1) is 0 Å². The number of carbonyl (C=O) groups is 2. The van der Waals surface area contributed by atoms with Crippen molar-refractivity contribution in [1.29, 1.82) is 0 Å². The number of nitrogens with one attached hydrogen (secondary N) is 1. The molecule has 2 aromatic carbocycles. The van der Waals surface area contributed by atoms with Crippen LogP contribution >= 0.6 is 0 Å². The van der Waals surface area contributed by atoms with Gasteiger partial charge in [-0.2, -0.15) is 0 Å². The predicted molar refractivity (Wildman–Crippen MR) is 132 cm³/mol. The van der Waals surface area contributed by atoms with Crippen LogP contribution in [0.15, 0.2) is 54.6 Å². The second-order valence-electron chi connectivity index (χ2n) is 9.26. The fraction of sp³-hybridized carbons (Fsp3) is 0.500. The number of hydrogen-bond donors (Lipinski definition) is 1. The quantitative estimate of drug-likeness (QED) is 0.524. The van der Waals surface area contributed by atoms with E-state index < -0.39 is 6.04 Å². The van der Waals surface area contributed by atoms with Crippen molar-refractivity contribution in [1.82, 2.24) is 10.2 Å². The van der Waals surface area contributed by atoms with Crippen molar-refractivity contribution >= 4 is 11.8 Å². The number of hydrogen-bond acceptors (Lipinski definition) is 3. The van der Waals surface area contributed by atoms with Crippen molar-refractivity contribution in [3.63, 3.8) is 0 Å². The fourth-order valence-electron chi connectivity index (χ4n) is 4.56. The molecule has 3 rings (SSSR count). The van der Waals surface area contributed by atoms with Crippen LogP contribution in [0.2, 0.25) is 0 Å². The molecule has 0 heterocycles. The highest BCUT2D eigenvalue weighted by Crippen LogP contribution is 2.26. The topological polar surface area (TPSA) is 58.6 Å². The second kappa shape index (κ2) is 12.4. The molecule has 2 amide bonds. The van der Waals surface area contributed by atoms with E-state index in [1.807, 2.05) is 61.5 Å². The van der Waals surface area contributed by atoms with Gasteiger partial charge in [0, 0.05) is 12.6 Å². The molecule has 1 N–H and O–H groups in total. The Balaban J connectivity index is 1.76. The van der Waals surface area contributed by atoms with Gasteiger partial charge in [0.1, 0.15) is 11.8 Å². The van der Waals surface area contributed by atoms with Crippen LogP contribution < -0.4 is 10.1 Å². The van der Waals surface area contributed by atoms with Crippen LogP contribution in [0.3, 0.4) is 0 Å². The van der Waals surface area contributed by atoms with Gasteiger partial charge in [0.15, 0.2) is 6.61 Å². The summed E-state index contributed by atoms with van der Waals surface area (Å²) in [6, 6.07) is 17.3. The van der Waals surface area contributed by atoms with Gasteiger partial charge in [-0.05, 0) is 42.4 Å². The molecule has 5 heteroatoms. The summed E-state index contributed by atoms with van der Waals surface area (Å²) < 4.78 is 5.98. The maximum Gasteiger partial charge on any atom is 0.261 e. The van der Waals surface area contributed by atoms with Crippen LogP contribution in [0.4, 0.5) is 0 Å². The third-order valence-electron chi connectivity index (χ3n) is 6.43. The van der Waals surface area contributed by atoms with Crippen molar-refractivity contribution < 1.29 is 14.3 Å². The number of para-hydroxylation sites is 1. The second-order valence-corrected chi connectivity index (χ2v) is 9.26. The molecule has 5 nitrogen and oxygen atoms in total. The van der Waals surface area contributed by atoms with Crippen molar-refractivity contribution in [2.75, 3.05) is 6.61 Å². The molecule has 1 saturated carbocycles. The molecule has 0 saturated heterocycles. The van der Waals surface area contributed by atoms with E-state index in [-0.39, 0.29) is 24.5 Å². The molecule has 0 aliphatic heterocycles. The fourth-order valence-corrected chi connectivity index (χ4v) is 4.56. The van der Waals surface area contributed by atoms with Crippen molar-refractivity contribution in [3.05, 3.63) is 65.7 Å². The van der Waals surface area contributed by atoms with E-state index in [4.69, 9.17) is 4.74 Å². The molecule has 178 valence electrons. The van der Waals surface area contributed by atoms with Crippen molar-refractivity contribution in [3.8, 4) is 5.75 Å². The summed E-state index contributed by atoms with van der Waals surface area (Å²) in [5, 5.41) is 3.22. The van der Waals surface area contributed by atoms with Gasteiger partial charge in [0.25, 0.3) is 5.91 Å². The summed E-state index contributed by atoms with van der Waals surface area (Å²) in [6.07, 6.45) is 6.12. The average molecular weight is 451 g/mol. The number of carbonyl (C=O) groups excluding carboxylic acids is 2. The Hall–Kier alpha value is -2.82. The molecule has 0 radical (unpaired) electrons. The Morgan fingerprint density at radius 1 is 1.00 bits per heavy atom. The first kappa shape index (κ1) is 24.8. The first-order chi connectivity index (χ1) is 16.0. The van der Waals surface area contributed by atoms with E-state index >= 15 is 0 Å². The first-order valence-electron chi connectivity index (χ1n) is 12.3. The summed E-state index contributed by atoms with van der Waals surface area (Å²) in [6.45, 7) is 6.46. The highest BCUT2D eigenvalue weighted by molar-refractivity contribution is 5.88. The number of amides is 2. The lowest BCUT2D eigenvalue weighted by atomic mass is 9.95. The Morgan fingerprint density at radius 3 is 2.33 bits per heavy atom. The summed E-state index contributed by atoms with van der Waals surface area (Å²) in [5.41, 5.74) is 2.07. The molecule has 1 aliphatic rings. The van der Waals surface area contributed by atoms with Gasteiger partial charge >= 0.3 is 0 Å². The summed E-state index contributed by atoms with van der Waals surface area (Å²) in [7, 11) is 0. The molecule has 0 spiro atoms. The van der Waals surface area contributed by atoms with E-state index in [2.05, 4.69) is 19.2 Å². The van der Waals surface area contributed by atoms with Crippen LogP contribution in [0.1, 0.15) is 76.3 Å².